The Balaban J connectivity index is 1.72. The summed E-state index contributed by atoms with van der Waals surface area (Å²) in [5.41, 5.74) is 6.53. The Morgan fingerprint density at radius 2 is 1.50 bits per heavy atom. The summed E-state index contributed by atoms with van der Waals surface area (Å²) in [6.07, 6.45) is -3.82. The molecule has 2 bridgehead atoms. The van der Waals surface area contributed by atoms with Gasteiger partial charge in [0.2, 0.25) is 53.2 Å². The van der Waals surface area contributed by atoms with Gasteiger partial charge in [0.1, 0.15) is 49.0 Å². The fraction of sp³-hybridized carbons (Fsp3) is 0.558. The Morgan fingerprint density at radius 1 is 0.824 bits per heavy atom. The number of ether oxygens (including phenoxy) is 2. The third kappa shape index (κ3) is 13.4. The highest BCUT2D eigenvalue weighted by molar-refractivity contribution is 7.99. The third-order valence-electron chi connectivity index (χ3n) is 11.9. The zero-order chi connectivity index (χ0) is 50.0. The van der Waals surface area contributed by atoms with Crippen molar-refractivity contribution in [3.8, 4) is 0 Å². The number of nitrogens with two attached hydrogens (primary N) is 1. The van der Waals surface area contributed by atoms with Gasteiger partial charge in [0.25, 0.3) is 0 Å². The summed E-state index contributed by atoms with van der Waals surface area (Å²) in [6.45, 7) is 4.57. The van der Waals surface area contributed by atoms with Crippen molar-refractivity contribution in [3.05, 3.63) is 29.8 Å². The summed E-state index contributed by atoms with van der Waals surface area (Å²) >= 11 is 1.01. The van der Waals surface area contributed by atoms with Crippen molar-refractivity contribution < 1.29 is 67.3 Å². The second kappa shape index (κ2) is 23.3. The van der Waals surface area contributed by atoms with E-state index in [0.29, 0.717) is 27.9 Å². The first-order valence-corrected chi connectivity index (χ1v) is 23.0. The van der Waals surface area contributed by atoms with Gasteiger partial charge >= 0.3 is 11.9 Å². The molecule has 10 atom stereocenters. The standard InChI is InChI=1S/C43H58N10O14S/c1-6-19(2)35-40(63)46-14-33(58)47-29-18-68-42-25(24-9-7-8-10-26(24)50-42)12-27(37(60)45-15-34(59)51-35)48-41(64)36(20(3)31(67-22(5)55)17-66-21(4)54)52-39(62)30-11-23(56)16-53(30)43(65)28(13-32(44)57)49-38(29)61/h7-10,19-20,23,27-31,35-36,50,56H,6,11-18H2,1-5H3,(H2,44,57)(H,45,60)(H,46,63)(H,47,58)(H,48,64)(H,49,61)(H,51,59)(H,52,62)/t19-,20-,23+,27+,28?,29-,30-,31-,35-,36-/m0/s1. The van der Waals surface area contributed by atoms with Crippen LogP contribution in [-0.2, 0) is 68.6 Å². The van der Waals surface area contributed by atoms with Crippen LogP contribution < -0.4 is 43.0 Å². The number of aliphatic hydroxyl groups excluding tert-OH is 1. The fourth-order valence-electron chi connectivity index (χ4n) is 8.05. The van der Waals surface area contributed by atoms with Crippen LogP contribution in [0.3, 0.4) is 0 Å². The van der Waals surface area contributed by atoms with Crippen LogP contribution in [0.25, 0.3) is 10.9 Å². The predicted octanol–water partition coefficient (Wildman–Crippen LogP) is -3.50. The molecule has 4 heterocycles. The number of benzene rings is 1. The molecule has 3 aliphatic heterocycles. The molecule has 5 rings (SSSR count). The van der Waals surface area contributed by atoms with E-state index in [-0.39, 0.29) is 12.2 Å². The minimum atomic E-state index is -1.76. The van der Waals surface area contributed by atoms with Gasteiger partial charge in [0.15, 0.2) is 0 Å². The molecule has 25 heteroatoms. The predicted molar refractivity (Wildman–Crippen MR) is 239 cm³/mol. The maximum Gasteiger partial charge on any atom is 0.303 e. The molecule has 0 saturated carbocycles. The zero-order valence-electron chi connectivity index (χ0n) is 38.1. The normalized spacial score (nSPS) is 26.2. The monoisotopic (exact) mass is 970 g/mol. The second-order valence-electron chi connectivity index (χ2n) is 17.0. The Kier molecular flexibility index (Phi) is 17.9. The Morgan fingerprint density at radius 3 is 2.16 bits per heavy atom. The van der Waals surface area contributed by atoms with Gasteiger partial charge < -0.3 is 67.4 Å². The smallest absolute Gasteiger partial charge is 0.303 e. The number of para-hydroxylation sites is 1. The van der Waals surface area contributed by atoms with E-state index in [2.05, 4.69) is 42.2 Å². The van der Waals surface area contributed by atoms with E-state index in [0.717, 1.165) is 30.5 Å². The minimum absolute atomic E-state index is 0.273. The van der Waals surface area contributed by atoms with Crippen LogP contribution in [0.4, 0.5) is 0 Å². The van der Waals surface area contributed by atoms with Gasteiger partial charge in [0, 0.05) is 55.8 Å². The summed E-state index contributed by atoms with van der Waals surface area (Å²) in [5.74, 6) is -12.1. The second-order valence-corrected chi connectivity index (χ2v) is 18.0. The molecule has 370 valence electrons. The lowest BCUT2D eigenvalue weighted by Gasteiger charge is -2.33. The van der Waals surface area contributed by atoms with Crippen LogP contribution in [-0.4, -0.2) is 161 Å². The van der Waals surface area contributed by atoms with Gasteiger partial charge in [-0.25, -0.2) is 0 Å². The number of thioether (sulfide) groups is 1. The average Bonchev–Trinajstić information content (AvgIpc) is 3.85. The Hall–Kier alpha value is -6.76. The number of carbonyl (C=O) groups is 11. The van der Waals surface area contributed by atoms with Crippen molar-refractivity contribution >= 4 is 87.8 Å². The van der Waals surface area contributed by atoms with Gasteiger partial charge in [-0.3, -0.25) is 52.7 Å². The molecule has 1 unspecified atom stereocenters. The van der Waals surface area contributed by atoms with Crippen LogP contribution in [0.2, 0.25) is 0 Å². The first-order valence-electron chi connectivity index (χ1n) is 22.0. The number of nitrogens with zero attached hydrogens (tertiary/aromatic N) is 1. The summed E-state index contributed by atoms with van der Waals surface area (Å²) < 4.78 is 10.6. The summed E-state index contributed by atoms with van der Waals surface area (Å²) in [4.78, 5) is 154. The number of rotatable bonds is 9. The molecule has 1 saturated heterocycles. The lowest BCUT2D eigenvalue weighted by Crippen LogP contribution is -2.62. The number of aromatic nitrogens is 1. The average molecular weight is 971 g/mol. The SMILES string of the molecule is CC[C@H](C)[C@@H]1NC(=O)CNC(=O)[C@H]2Cc3c([nH]c4ccccc34)SC[C@H](NC(=O)CNC1=O)C(=O)NC(CC(N)=O)C(=O)N1C[C@H](O)C[C@H]1C(=O)N[C@@H]([C@@H](C)[C@H](COC(C)=O)OC(C)=O)C(=O)N2. The molecule has 24 nitrogen and oxygen atoms in total. The maximum absolute atomic E-state index is 14.8. The van der Waals surface area contributed by atoms with Gasteiger partial charge in [-0.1, -0.05) is 45.4 Å². The van der Waals surface area contributed by atoms with Crippen molar-refractivity contribution in [1.82, 2.24) is 47.1 Å². The summed E-state index contributed by atoms with van der Waals surface area (Å²) in [6, 6.07) is -2.44. The number of fused-ring (bicyclic) bond motifs is 5. The largest absolute Gasteiger partial charge is 0.462 e. The van der Waals surface area contributed by atoms with E-state index in [4.69, 9.17) is 15.2 Å². The Bertz CT molecular complexity index is 2310. The molecule has 0 radical (unpaired) electrons. The van der Waals surface area contributed by atoms with Crippen LogP contribution in [0.15, 0.2) is 29.3 Å². The van der Waals surface area contributed by atoms with Crippen molar-refractivity contribution in [3.63, 3.8) is 0 Å². The lowest BCUT2D eigenvalue weighted by atomic mass is 9.93. The molecular weight excluding hydrogens is 913 g/mol. The molecule has 3 aliphatic rings. The number of carbonyl (C=O) groups excluding carboxylic acids is 11. The van der Waals surface area contributed by atoms with E-state index >= 15 is 0 Å². The molecular formula is C43H58N10O14S. The highest BCUT2D eigenvalue weighted by Crippen LogP contribution is 2.32. The van der Waals surface area contributed by atoms with Crippen molar-refractivity contribution in [2.45, 2.75) is 114 Å². The molecule has 11 N–H and O–H groups in total. The van der Waals surface area contributed by atoms with Crippen molar-refractivity contribution in [2.75, 3.05) is 32.0 Å². The molecule has 68 heavy (non-hydrogen) atoms. The van der Waals surface area contributed by atoms with Gasteiger partial charge in [-0.2, -0.15) is 0 Å². The van der Waals surface area contributed by atoms with E-state index in [1.54, 1.807) is 38.1 Å². The van der Waals surface area contributed by atoms with Gasteiger partial charge in [-0.05, 0) is 17.5 Å². The Labute approximate surface area is 394 Å². The molecule has 1 aromatic carbocycles. The van der Waals surface area contributed by atoms with E-state index in [1.165, 1.54) is 6.92 Å². The van der Waals surface area contributed by atoms with Gasteiger partial charge in [0.05, 0.1) is 30.6 Å². The zero-order valence-corrected chi connectivity index (χ0v) is 39.0. The van der Waals surface area contributed by atoms with E-state index in [1.807, 2.05) is 0 Å². The van der Waals surface area contributed by atoms with E-state index in [9.17, 15) is 57.8 Å². The number of nitrogens with one attached hydrogen (secondary N) is 8. The van der Waals surface area contributed by atoms with Gasteiger partial charge in [-0.15, -0.1) is 11.8 Å². The molecule has 0 spiro atoms. The first-order chi connectivity index (χ1) is 32.2. The van der Waals surface area contributed by atoms with Crippen molar-refractivity contribution in [1.29, 1.82) is 0 Å². The number of H-pyrrole nitrogens is 1. The lowest BCUT2D eigenvalue weighted by molar-refractivity contribution is -0.161. The van der Waals surface area contributed by atoms with Crippen LogP contribution in [0, 0.1) is 11.8 Å². The van der Waals surface area contributed by atoms with Crippen molar-refractivity contribution in [2.24, 2.45) is 17.6 Å². The quantitative estimate of drug-likeness (QED) is 0.109. The minimum Gasteiger partial charge on any atom is -0.462 e. The summed E-state index contributed by atoms with van der Waals surface area (Å²) in [5, 5.41) is 29.6. The number of primary amides is 1. The maximum atomic E-state index is 14.8. The molecule has 9 amide bonds. The number of amides is 9. The number of esters is 2. The highest BCUT2D eigenvalue weighted by Gasteiger charge is 2.45. The molecule has 1 aromatic heterocycles. The number of hydrogen-bond donors (Lipinski definition) is 10. The van der Waals surface area contributed by atoms with Crippen LogP contribution in [0.5, 0.6) is 0 Å². The number of aliphatic hydroxyl groups is 1. The first kappa shape index (κ1) is 52.2. The van der Waals surface area contributed by atoms with Crippen LogP contribution >= 0.6 is 11.8 Å². The highest BCUT2D eigenvalue weighted by atomic mass is 32.2. The van der Waals surface area contributed by atoms with Crippen LogP contribution in [0.1, 0.15) is 59.4 Å². The number of hydrogen-bond acceptors (Lipinski definition) is 15. The third-order valence-corrected chi connectivity index (χ3v) is 13.0. The number of aromatic amines is 1. The molecule has 0 aliphatic carbocycles. The van der Waals surface area contributed by atoms with E-state index < -0.39 is 164 Å². The summed E-state index contributed by atoms with van der Waals surface area (Å²) in [7, 11) is 0. The topological polar surface area (TPSA) is 356 Å². The molecule has 1 fully saturated rings. The molecule has 2 aromatic rings. The fourth-order valence-corrected chi connectivity index (χ4v) is 9.17.